The maximum absolute atomic E-state index is 14.2. The molecule has 0 saturated carbocycles. The number of carbonyl (C=O) groups excluding carboxylic acids is 4. The summed E-state index contributed by atoms with van der Waals surface area (Å²) in [6, 6.07) is 29.1. The lowest BCUT2D eigenvalue weighted by Crippen LogP contribution is -2.47. The fourth-order valence-electron chi connectivity index (χ4n) is 13.3. The minimum absolute atomic E-state index is 0.00174. The van der Waals surface area contributed by atoms with Gasteiger partial charge in [0.15, 0.2) is 0 Å². The number of fused-ring (bicyclic) bond motifs is 3. The monoisotopic (exact) mass is 1030 g/mol. The molecule has 16 heteroatoms. The van der Waals surface area contributed by atoms with Crippen LogP contribution in [0.3, 0.4) is 0 Å². The number of aromatic nitrogens is 7. The van der Waals surface area contributed by atoms with Crippen molar-refractivity contribution in [3.05, 3.63) is 175 Å². The van der Waals surface area contributed by atoms with Crippen molar-refractivity contribution in [2.75, 3.05) is 45.4 Å². The predicted molar refractivity (Wildman–Crippen MR) is 286 cm³/mol. The standard InChI is InChI=1S/C61H54N8O8/c1-9-67(10-2)57-46-25-43-42(51-36-15-11-12-16-37(36)52(43)49(28-77-30-71)48(51)27-76-29-70)23-40(46)35(19-20-50-62-60(68-33(5)21-31(3)65-68)64-61(63-50)69-34(6)22-32(4)66-69)41-24-44-45(26-47(41)57)54-39-18-14-13-17-38(39)53(44)55(58(72)74-7)56(54)59(73)75-8/h11-18,21-26,29-30,51-56H,9-10,27-28H2,1-8H3. The van der Waals surface area contributed by atoms with Crippen molar-refractivity contribution >= 4 is 52.1 Å². The van der Waals surface area contributed by atoms with Crippen LogP contribution in [0, 0.1) is 51.4 Å². The van der Waals surface area contributed by atoms with E-state index >= 15 is 0 Å². The Morgan fingerprint density at radius 3 is 1.42 bits per heavy atom. The Labute approximate surface area is 444 Å². The number of esters is 2. The number of anilines is 1. The zero-order chi connectivity index (χ0) is 53.6. The SMILES string of the molecule is CCN(CC)c1c2cc3c(cc2c(C#Cc2nc(-n4nc(C)cc4C)nc(-n4nc(C)cc4C)n2)c2cc4c(cc12)C1c2ccccc2C4C(C(=O)OC)C1C(=O)OC)C1C(COC=O)=C(COC=O)C3c2ccccc21. The first kappa shape index (κ1) is 48.9. The van der Waals surface area contributed by atoms with Crippen LogP contribution in [0.4, 0.5) is 5.69 Å². The number of benzene rings is 5. The van der Waals surface area contributed by atoms with Crippen LogP contribution in [0.25, 0.3) is 33.4 Å². The summed E-state index contributed by atoms with van der Waals surface area (Å²) in [7, 11) is 2.73. The predicted octanol–water partition coefficient (Wildman–Crippen LogP) is 8.43. The van der Waals surface area contributed by atoms with Crippen molar-refractivity contribution in [1.29, 1.82) is 0 Å². The van der Waals surface area contributed by atoms with E-state index in [0.717, 1.165) is 106 Å². The van der Waals surface area contributed by atoms with Crippen molar-refractivity contribution in [2.24, 2.45) is 11.8 Å². The Morgan fingerprint density at radius 2 is 1.00 bits per heavy atom. The molecule has 0 saturated heterocycles. The van der Waals surface area contributed by atoms with E-state index in [1.165, 1.54) is 14.2 Å². The van der Waals surface area contributed by atoms with Crippen LogP contribution in [0.15, 0.2) is 96.1 Å². The maximum Gasteiger partial charge on any atom is 0.310 e. The van der Waals surface area contributed by atoms with E-state index in [0.29, 0.717) is 31.6 Å². The average molecular weight is 1030 g/mol. The highest BCUT2D eigenvalue weighted by Crippen LogP contribution is 2.61. The number of hydrogen-bond acceptors (Lipinski definition) is 14. The summed E-state index contributed by atoms with van der Waals surface area (Å²) in [6.07, 6.45) is 0. The van der Waals surface area contributed by atoms with Gasteiger partial charge in [0.05, 0.1) is 43.1 Å². The molecule has 8 aromatic rings. The number of carbonyl (C=O) groups is 4. The summed E-state index contributed by atoms with van der Waals surface area (Å²) in [6.45, 7) is 14.2. The second-order valence-corrected chi connectivity index (χ2v) is 20.2. The summed E-state index contributed by atoms with van der Waals surface area (Å²) in [5.74, 6) is 3.30. The lowest BCUT2D eigenvalue weighted by Gasteiger charge is -2.48. The Kier molecular flexibility index (Phi) is 12.1. The molecular formula is C61H54N8O8. The molecule has 6 unspecified atom stereocenters. The topological polar surface area (TPSA) is 183 Å². The molecule has 16 nitrogen and oxygen atoms in total. The Balaban J connectivity index is 1.21. The highest BCUT2D eigenvalue weighted by atomic mass is 16.5. The quantitative estimate of drug-likeness (QED) is 0.0268. The van der Waals surface area contributed by atoms with E-state index in [-0.39, 0.29) is 42.8 Å². The van der Waals surface area contributed by atoms with Gasteiger partial charge in [-0.25, -0.2) is 9.36 Å². The second kappa shape index (κ2) is 19.0. The number of rotatable bonds is 13. The van der Waals surface area contributed by atoms with Gasteiger partial charge in [0.2, 0.25) is 5.82 Å². The Bertz CT molecular complexity index is 3870. The molecule has 14 rings (SSSR count). The first-order valence-corrected chi connectivity index (χ1v) is 25.8. The fraction of sp³-hybridized carbons (Fsp3) is 0.295. The third kappa shape index (κ3) is 7.53. The molecule has 6 aliphatic carbocycles. The summed E-state index contributed by atoms with van der Waals surface area (Å²) >= 11 is 0. The van der Waals surface area contributed by atoms with Gasteiger partial charge < -0.3 is 23.8 Å². The molecule has 5 aromatic carbocycles. The van der Waals surface area contributed by atoms with Crippen molar-refractivity contribution < 1.29 is 38.1 Å². The maximum atomic E-state index is 14.2. The molecule has 0 amide bonds. The largest absolute Gasteiger partial charge is 0.469 e. The molecule has 6 aliphatic rings. The highest BCUT2D eigenvalue weighted by molar-refractivity contribution is 6.17. The van der Waals surface area contributed by atoms with Crippen LogP contribution in [0.5, 0.6) is 0 Å². The van der Waals surface area contributed by atoms with E-state index in [9.17, 15) is 19.2 Å². The van der Waals surface area contributed by atoms with Crippen molar-refractivity contribution in [3.8, 4) is 23.7 Å². The summed E-state index contributed by atoms with van der Waals surface area (Å²) in [4.78, 5) is 69.4. The third-order valence-electron chi connectivity index (χ3n) is 16.2. The van der Waals surface area contributed by atoms with Gasteiger partial charge in [-0.1, -0.05) is 54.5 Å². The normalized spacial score (nSPS) is 19.2. The van der Waals surface area contributed by atoms with Gasteiger partial charge in [0, 0.05) is 75.3 Å². The van der Waals surface area contributed by atoms with Crippen LogP contribution < -0.4 is 4.90 Å². The molecule has 4 bridgehead atoms. The fourth-order valence-corrected chi connectivity index (χ4v) is 13.3. The van der Waals surface area contributed by atoms with E-state index in [4.69, 9.17) is 44.1 Å². The molecule has 3 heterocycles. The molecule has 386 valence electrons. The van der Waals surface area contributed by atoms with Gasteiger partial charge >= 0.3 is 11.9 Å². The molecule has 6 atom stereocenters. The first-order chi connectivity index (χ1) is 37.4. The zero-order valence-corrected chi connectivity index (χ0v) is 43.9. The average Bonchev–Trinajstić information content (AvgIpc) is 4.10. The number of hydrogen-bond donors (Lipinski definition) is 0. The second-order valence-electron chi connectivity index (χ2n) is 20.2. The van der Waals surface area contributed by atoms with Gasteiger partial charge in [0.1, 0.15) is 13.2 Å². The first-order valence-electron chi connectivity index (χ1n) is 25.8. The number of nitrogens with zero attached hydrogens (tertiary/aromatic N) is 8. The number of methoxy groups -OCH3 is 2. The van der Waals surface area contributed by atoms with Crippen LogP contribution in [0.2, 0.25) is 0 Å². The zero-order valence-electron chi connectivity index (χ0n) is 43.9. The molecule has 0 radical (unpaired) electrons. The number of ether oxygens (including phenoxy) is 4. The summed E-state index contributed by atoms with van der Waals surface area (Å²) < 4.78 is 25.5. The number of aryl methyl sites for hydroxylation is 4. The van der Waals surface area contributed by atoms with E-state index in [1.54, 1.807) is 9.36 Å². The molecule has 3 aromatic heterocycles. The van der Waals surface area contributed by atoms with Crippen molar-refractivity contribution in [2.45, 2.75) is 65.2 Å². The van der Waals surface area contributed by atoms with Gasteiger partial charge in [0.25, 0.3) is 24.8 Å². The summed E-state index contributed by atoms with van der Waals surface area (Å²) in [5, 5.41) is 13.0. The molecule has 0 spiro atoms. The smallest absolute Gasteiger partial charge is 0.310 e. The van der Waals surface area contributed by atoms with Crippen LogP contribution >= 0.6 is 0 Å². The molecule has 0 fully saturated rings. The Morgan fingerprint density at radius 1 is 0.571 bits per heavy atom. The van der Waals surface area contributed by atoms with Crippen LogP contribution in [-0.2, 0) is 38.1 Å². The lowest BCUT2D eigenvalue weighted by atomic mass is 9.54. The van der Waals surface area contributed by atoms with E-state index in [2.05, 4.69) is 73.1 Å². The third-order valence-corrected chi connectivity index (χ3v) is 16.2. The highest BCUT2D eigenvalue weighted by Gasteiger charge is 2.56. The minimum atomic E-state index is -0.876. The van der Waals surface area contributed by atoms with Crippen molar-refractivity contribution in [3.63, 3.8) is 0 Å². The molecule has 77 heavy (non-hydrogen) atoms. The van der Waals surface area contributed by atoms with Gasteiger partial charge in [-0.15, -0.1) is 0 Å². The van der Waals surface area contributed by atoms with E-state index in [1.807, 2.05) is 70.2 Å². The summed E-state index contributed by atoms with van der Waals surface area (Å²) in [5.41, 5.74) is 14.5. The molecular weight excluding hydrogens is 973 g/mol. The molecule has 0 N–H and O–H groups in total. The Hall–Kier alpha value is -8.97. The van der Waals surface area contributed by atoms with Crippen molar-refractivity contribution in [1.82, 2.24) is 34.5 Å². The lowest BCUT2D eigenvalue weighted by molar-refractivity contribution is -0.160. The van der Waals surface area contributed by atoms with Gasteiger partial charge in [-0.05, 0) is 140 Å². The molecule has 0 aliphatic heterocycles. The minimum Gasteiger partial charge on any atom is -0.469 e. The van der Waals surface area contributed by atoms with Crippen LogP contribution in [-0.4, -0.2) is 99.9 Å². The van der Waals surface area contributed by atoms with E-state index < -0.39 is 35.6 Å². The van der Waals surface area contributed by atoms with Crippen LogP contribution in [0.1, 0.15) is 116 Å². The van der Waals surface area contributed by atoms with Gasteiger partial charge in [-0.3, -0.25) is 19.2 Å². The van der Waals surface area contributed by atoms with Gasteiger partial charge in [-0.2, -0.15) is 25.1 Å².